The number of hydrazine groups is 1. The monoisotopic (exact) mass is 342 g/mol. The molecule has 0 bridgehead atoms. The Bertz CT molecular complexity index is 568. The van der Waals surface area contributed by atoms with Crippen molar-refractivity contribution in [2.75, 3.05) is 26.2 Å². The smallest absolute Gasteiger partial charge is 0.237 e. The molecule has 0 spiro atoms. The molecule has 3 aliphatic rings. The van der Waals surface area contributed by atoms with E-state index in [-0.39, 0.29) is 0 Å². The van der Waals surface area contributed by atoms with Crippen molar-refractivity contribution in [3.8, 4) is 0 Å². The zero-order valence-corrected chi connectivity index (χ0v) is 15.0. The summed E-state index contributed by atoms with van der Waals surface area (Å²) in [6.07, 6.45) is 6.02. The van der Waals surface area contributed by atoms with Crippen LogP contribution in [-0.4, -0.2) is 54.0 Å². The van der Waals surface area contributed by atoms with Gasteiger partial charge in [-0.3, -0.25) is 20.5 Å². The summed E-state index contributed by atoms with van der Waals surface area (Å²) >= 11 is 0. The summed E-state index contributed by atoms with van der Waals surface area (Å²) in [7, 11) is 0. The third kappa shape index (κ3) is 4.40. The molecule has 2 unspecified atom stereocenters. The van der Waals surface area contributed by atoms with Crippen molar-refractivity contribution >= 4 is 5.91 Å². The molecule has 1 aromatic rings. The van der Waals surface area contributed by atoms with Crippen LogP contribution in [0.2, 0.25) is 0 Å². The molecule has 2 saturated heterocycles. The largest absolute Gasteiger partial charge is 0.334 e. The predicted molar refractivity (Wildman–Crippen MR) is 98.7 cm³/mol. The molecule has 2 heterocycles. The Morgan fingerprint density at radius 2 is 2.00 bits per heavy atom. The van der Waals surface area contributed by atoms with Crippen LogP contribution in [0.3, 0.4) is 0 Å². The lowest BCUT2D eigenvalue weighted by Crippen LogP contribution is -2.48. The molecule has 5 nitrogen and oxygen atoms in total. The van der Waals surface area contributed by atoms with Crippen LogP contribution in [-0.2, 0) is 11.3 Å². The Morgan fingerprint density at radius 1 is 1.16 bits per heavy atom. The van der Waals surface area contributed by atoms with Crippen LogP contribution >= 0.6 is 0 Å². The molecule has 0 radical (unpaired) electrons. The zero-order chi connectivity index (χ0) is 17.1. The first-order chi connectivity index (χ1) is 12.3. The number of piperidine rings is 1. The van der Waals surface area contributed by atoms with Gasteiger partial charge in [-0.15, -0.1) is 0 Å². The highest BCUT2D eigenvalue weighted by molar-refractivity contribution is 5.79. The van der Waals surface area contributed by atoms with E-state index in [0.717, 1.165) is 26.2 Å². The highest BCUT2D eigenvalue weighted by Crippen LogP contribution is 2.29. The fraction of sp³-hybridized carbons (Fsp3) is 0.650. The third-order valence-electron chi connectivity index (χ3n) is 5.84. The third-order valence-corrected chi connectivity index (χ3v) is 5.84. The van der Waals surface area contributed by atoms with Gasteiger partial charge < -0.3 is 4.90 Å². The maximum Gasteiger partial charge on any atom is 0.237 e. The molecule has 25 heavy (non-hydrogen) atoms. The Labute approximate surface area is 150 Å². The Balaban J connectivity index is 1.34. The van der Waals surface area contributed by atoms with Gasteiger partial charge in [0, 0.05) is 31.7 Å². The molecule has 136 valence electrons. The summed E-state index contributed by atoms with van der Waals surface area (Å²) in [6, 6.07) is 11.4. The van der Waals surface area contributed by atoms with Gasteiger partial charge in [-0.1, -0.05) is 30.3 Å². The summed E-state index contributed by atoms with van der Waals surface area (Å²) in [6.45, 7) is 4.52. The van der Waals surface area contributed by atoms with Crippen molar-refractivity contribution in [3.05, 3.63) is 35.9 Å². The lowest BCUT2D eigenvalue weighted by molar-refractivity contribution is -0.134. The van der Waals surface area contributed by atoms with Crippen LogP contribution in [0, 0.1) is 5.92 Å². The van der Waals surface area contributed by atoms with Crippen LogP contribution in [0.1, 0.15) is 37.7 Å². The summed E-state index contributed by atoms with van der Waals surface area (Å²) in [4.78, 5) is 17.5. The van der Waals surface area contributed by atoms with Crippen molar-refractivity contribution < 1.29 is 4.79 Å². The molecular weight excluding hydrogens is 312 g/mol. The minimum atomic E-state index is 0.310. The number of nitrogens with one attached hydrogen (secondary N) is 2. The topological polar surface area (TPSA) is 47.6 Å². The summed E-state index contributed by atoms with van der Waals surface area (Å²) < 4.78 is 0. The van der Waals surface area contributed by atoms with Gasteiger partial charge in [0.05, 0.1) is 6.54 Å². The molecule has 2 atom stereocenters. The number of hydrogen-bond acceptors (Lipinski definition) is 4. The number of nitrogens with zero attached hydrogens (tertiary/aromatic N) is 2. The highest BCUT2D eigenvalue weighted by atomic mass is 16.2. The van der Waals surface area contributed by atoms with E-state index < -0.39 is 0 Å². The number of hydrogen-bond donors (Lipinski definition) is 2. The van der Waals surface area contributed by atoms with E-state index in [1.165, 1.54) is 37.7 Å². The van der Waals surface area contributed by atoms with E-state index in [2.05, 4.69) is 44.9 Å². The Kier molecular flexibility index (Phi) is 5.34. The molecule has 1 aliphatic carbocycles. The standard InChI is InChI=1S/C20H30N4O/c25-20(24(18-8-9-18)13-16-5-2-1-3-6-16)15-23-12-4-7-17(14-23)19-10-11-21-22-19/h1-3,5-6,17-19,21-22H,4,7-15H2. The van der Waals surface area contributed by atoms with Gasteiger partial charge in [-0.2, -0.15) is 0 Å². The fourth-order valence-corrected chi connectivity index (χ4v) is 4.29. The second kappa shape index (κ2) is 7.85. The van der Waals surface area contributed by atoms with Gasteiger partial charge in [0.15, 0.2) is 0 Å². The van der Waals surface area contributed by atoms with E-state index >= 15 is 0 Å². The summed E-state index contributed by atoms with van der Waals surface area (Å²) in [5, 5.41) is 0. The lowest BCUT2D eigenvalue weighted by Gasteiger charge is -2.36. The SMILES string of the molecule is O=C(CN1CCCC(C2CCNN2)C1)N(Cc1ccccc1)C1CC1. The van der Waals surface area contributed by atoms with Crippen LogP contribution in [0.4, 0.5) is 0 Å². The second-order valence-electron chi connectivity index (χ2n) is 7.84. The van der Waals surface area contributed by atoms with Crippen molar-refractivity contribution in [1.29, 1.82) is 0 Å². The van der Waals surface area contributed by atoms with Crippen LogP contribution in [0.15, 0.2) is 30.3 Å². The first-order valence-electron chi connectivity index (χ1n) is 9.84. The van der Waals surface area contributed by atoms with Gasteiger partial charge in [-0.05, 0) is 50.1 Å². The number of rotatable bonds is 6. The van der Waals surface area contributed by atoms with Gasteiger partial charge in [0.2, 0.25) is 5.91 Å². The Morgan fingerprint density at radius 3 is 2.72 bits per heavy atom. The van der Waals surface area contributed by atoms with E-state index in [4.69, 9.17) is 0 Å². The number of amides is 1. The first kappa shape index (κ1) is 17.0. The molecule has 1 amide bonds. The van der Waals surface area contributed by atoms with Gasteiger partial charge in [0.1, 0.15) is 0 Å². The molecule has 2 N–H and O–H groups in total. The summed E-state index contributed by atoms with van der Waals surface area (Å²) in [5.74, 6) is 0.976. The fourth-order valence-electron chi connectivity index (χ4n) is 4.29. The zero-order valence-electron chi connectivity index (χ0n) is 15.0. The quantitative estimate of drug-likeness (QED) is 0.827. The molecule has 1 aromatic carbocycles. The second-order valence-corrected chi connectivity index (χ2v) is 7.84. The molecule has 5 heteroatoms. The first-order valence-corrected chi connectivity index (χ1v) is 9.84. The minimum Gasteiger partial charge on any atom is -0.334 e. The summed E-state index contributed by atoms with van der Waals surface area (Å²) in [5.41, 5.74) is 7.90. The van der Waals surface area contributed by atoms with Crippen LogP contribution in [0.5, 0.6) is 0 Å². The molecule has 2 aliphatic heterocycles. The van der Waals surface area contributed by atoms with Crippen molar-refractivity contribution in [1.82, 2.24) is 20.7 Å². The number of benzene rings is 1. The maximum absolute atomic E-state index is 13.0. The number of carbonyl (C=O) groups excluding carboxylic acids is 1. The Hall–Kier alpha value is -1.43. The van der Waals surface area contributed by atoms with Crippen LogP contribution in [0.25, 0.3) is 0 Å². The van der Waals surface area contributed by atoms with Crippen molar-refractivity contribution in [2.24, 2.45) is 5.92 Å². The van der Waals surface area contributed by atoms with E-state index in [9.17, 15) is 4.79 Å². The van der Waals surface area contributed by atoms with Crippen LogP contribution < -0.4 is 10.9 Å². The van der Waals surface area contributed by atoms with Crippen molar-refractivity contribution in [3.63, 3.8) is 0 Å². The molecular formula is C20H30N4O. The normalized spacial score (nSPS) is 27.4. The van der Waals surface area contributed by atoms with Gasteiger partial charge in [-0.25, -0.2) is 0 Å². The average Bonchev–Trinajstić information content (AvgIpc) is 3.33. The number of carbonyl (C=O) groups is 1. The highest BCUT2D eigenvalue weighted by Gasteiger charge is 2.35. The van der Waals surface area contributed by atoms with Gasteiger partial charge >= 0.3 is 0 Å². The van der Waals surface area contributed by atoms with E-state index in [0.29, 0.717) is 30.5 Å². The average molecular weight is 342 g/mol. The molecule has 3 fully saturated rings. The molecule has 0 aromatic heterocycles. The van der Waals surface area contributed by atoms with Crippen molar-refractivity contribution in [2.45, 2.75) is 50.7 Å². The van der Waals surface area contributed by atoms with E-state index in [1.54, 1.807) is 0 Å². The molecule has 4 rings (SSSR count). The molecule has 1 saturated carbocycles. The lowest BCUT2D eigenvalue weighted by atomic mass is 9.90. The van der Waals surface area contributed by atoms with E-state index in [1.807, 2.05) is 6.07 Å². The minimum absolute atomic E-state index is 0.310. The van der Waals surface area contributed by atoms with Gasteiger partial charge in [0.25, 0.3) is 0 Å². The number of likely N-dealkylation sites (tertiary alicyclic amines) is 1. The predicted octanol–water partition coefficient (Wildman–Crippen LogP) is 1.76. The maximum atomic E-state index is 13.0.